The Morgan fingerprint density at radius 2 is 0.875 bits per heavy atom. The van der Waals surface area contributed by atoms with Crippen LogP contribution in [0.3, 0.4) is 0 Å². The molecule has 1 saturated heterocycles. The van der Waals surface area contributed by atoms with E-state index in [4.69, 9.17) is 4.74 Å². The molecule has 0 amide bonds. The first-order valence-corrected chi connectivity index (χ1v) is 10.8. The quantitative estimate of drug-likeness (QED) is 0.526. The van der Waals surface area contributed by atoms with Crippen molar-refractivity contribution in [1.82, 2.24) is 0 Å². The van der Waals surface area contributed by atoms with Crippen LogP contribution >= 0.6 is 0 Å². The molecule has 2 rings (SSSR count). The first-order valence-electron chi connectivity index (χ1n) is 10.8. The van der Waals surface area contributed by atoms with Crippen molar-refractivity contribution >= 4 is 0 Å². The maximum Gasteiger partial charge on any atom is 0.0598 e. The van der Waals surface area contributed by atoms with Gasteiger partial charge in [-0.05, 0) is 80.0 Å². The fourth-order valence-corrected chi connectivity index (χ4v) is 4.32. The molecule has 0 N–H and O–H groups in total. The van der Waals surface area contributed by atoms with Gasteiger partial charge in [-0.2, -0.15) is 0 Å². The van der Waals surface area contributed by atoms with Crippen molar-refractivity contribution in [3.05, 3.63) is 0 Å². The minimum Gasteiger partial charge on any atom is -0.378 e. The summed E-state index contributed by atoms with van der Waals surface area (Å²) in [5.74, 6) is 6.17. The SMILES string of the molecule is CC(C)C1CCC(C(C)C)CC1.CC(C)C1CCC(C(C)C)OC1. The van der Waals surface area contributed by atoms with Crippen molar-refractivity contribution < 1.29 is 4.74 Å². The maximum absolute atomic E-state index is 5.81. The highest BCUT2D eigenvalue weighted by molar-refractivity contribution is 4.76. The Morgan fingerprint density at radius 3 is 1.12 bits per heavy atom. The fourth-order valence-electron chi connectivity index (χ4n) is 4.32. The Labute approximate surface area is 153 Å². The van der Waals surface area contributed by atoms with Gasteiger partial charge in [-0.3, -0.25) is 0 Å². The Bertz CT molecular complexity index is 238. The molecule has 1 saturated carbocycles. The Kier molecular flexibility index (Phi) is 9.94. The molecular formula is C23H46O. The lowest BCUT2D eigenvalue weighted by molar-refractivity contribution is -0.0496. The summed E-state index contributed by atoms with van der Waals surface area (Å²) in [7, 11) is 0. The maximum atomic E-state index is 5.81. The monoisotopic (exact) mass is 338 g/mol. The molecule has 2 atom stereocenters. The van der Waals surface area contributed by atoms with Gasteiger partial charge in [-0.25, -0.2) is 0 Å². The first kappa shape index (κ1) is 22.0. The van der Waals surface area contributed by atoms with Crippen LogP contribution in [-0.4, -0.2) is 12.7 Å². The van der Waals surface area contributed by atoms with Crippen molar-refractivity contribution in [2.75, 3.05) is 6.61 Å². The van der Waals surface area contributed by atoms with Gasteiger partial charge < -0.3 is 4.74 Å². The molecule has 2 fully saturated rings. The van der Waals surface area contributed by atoms with Gasteiger partial charge in [0.2, 0.25) is 0 Å². The van der Waals surface area contributed by atoms with Crippen molar-refractivity contribution in [2.24, 2.45) is 41.4 Å². The van der Waals surface area contributed by atoms with E-state index in [-0.39, 0.29) is 0 Å². The molecule has 1 heterocycles. The molecule has 2 aliphatic rings. The summed E-state index contributed by atoms with van der Waals surface area (Å²) in [4.78, 5) is 0. The molecule has 0 bridgehead atoms. The average molecular weight is 339 g/mol. The van der Waals surface area contributed by atoms with Gasteiger partial charge in [0, 0.05) is 0 Å². The largest absolute Gasteiger partial charge is 0.378 e. The molecule has 1 aliphatic heterocycles. The van der Waals surface area contributed by atoms with Crippen molar-refractivity contribution in [3.8, 4) is 0 Å². The van der Waals surface area contributed by atoms with E-state index >= 15 is 0 Å². The summed E-state index contributed by atoms with van der Waals surface area (Å²) in [6.07, 6.45) is 9.10. The highest BCUT2D eigenvalue weighted by atomic mass is 16.5. The van der Waals surface area contributed by atoms with Crippen LogP contribution in [0.25, 0.3) is 0 Å². The molecule has 144 valence electrons. The van der Waals surface area contributed by atoms with E-state index in [9.17, 15) is 0 Å². The molecule has 0 radical (unpaired) electrons. The lowest BCUT2D eigenvalue weighted by atomic mass is 9.73. The molecular weight excluding hydrogens is 292 g/mol. The summed E-state index contributed by atoms with van der Waals surface area (Å²) in [6, 6.07) is 0. The number of hydrogen-bond acceptors (Lipinski definition) is 1. The van der Waals surface area contributed by atoms with E-state index in [1.807, 2.05) is 0 Å². The summed E-state index contributed by atoms with van der Waals surface area (Å²) in [5, 5.41) is 0. The zero-order valence-corrected chi connectivity index (χ0v) is 18.0. The molecule has 2 unspecified atom stereocenters. The normalized spacial score (nSPS) is 31.5. The van der Waals surface area contributed by atoms with Gasteiger partial charge in [0.1, 0.15) is 0 Å². The average Bonchev–Trinajstić information content (AvgIpc) is 2.55. The zero-order valence-electron chi connectivity index (χ0n) is 18.0. The minimum atomic E-state index is 0.528. The predicted octanol–water partition coefficient (Wildman–Crippen LogP) is 7.20. The molecule has 1 nitrogen and oxygen atoms in total. The topological polar surface area (TPSA) is 9.23 Å². The Hall–Kier alpha value is -0.0400. The Balaban J connectivity index is 0.000000240. The number of rotatable bonds is 4. The third kappa shape index (κ3) is 7.46. The standard InChI is InChI=1S/C12H24.C11H22O/c1-9(2)11-5-7-12(8-6-11)10(3)4;1-8(2)10-5-6-11(9(3)4)12-7-10/h9-12H,5-8H2,1-4H3;8-11H,5-7H2,1-4H3. The van der Waals surface area contributed by atoms with Crippen LogP contribution in [0.5, 0.6) is 0 Å². The molecule has 0 spiro atoms. The second kappa shape index (κ2) is 10.8. The number of hydrogen-bond donors (Lipinski definition) is 0. The molecule has 0 aromatic rings. The summed E-state index contributed by atoms with van der Waals surface area (Å²) < 4.78 is 5.81. The second-order valence-corrected chi connectivity index (χ2v) is 9.86. The van der Waals surface area contributed by atoms with E-state index in [1.165, 1.54) is 38.5 Å². The van der Waals surface area contributed by atoms with Crippen LogP contribution in [0.15, 0.2) is 0 Å². The smallest absolute Gasteiger partial charge is 0.0598 e. The van der Waals surface area contributed by atoms with E-state index in [0.717, 1.165) is 42.1 Å². The van der Waals surface area contributed by atoms with Crippen molar-refractivity contribution in [2.45, 2.75) is 100 Å². The van der Waals surface area contributed by atoms with Gasteiger partial charge in [0.15, 0.2) is 0 Å². The fraction of sp³-hybridized carbons (Fsp3) is 1.00. The Morgan fingerprint density at radius 1 is 0.500 bits per heavy atom. The zero-order chi connectivity index (χ0) is 18.3. The van der Waals surface area contributed by atoms with Crippen molar-refractivity contribution in [3.63, 3.8) is 0 Å². The van der Waals surface area contributed by atoms with Gasteiger partial charge in [-0.1, -0.05) is 55.4 Å². The van der Waals surface area contributed by atoms with Crippen molar-refractivity contribution in [1.29, 1.82) is 0 Å². The van der Waals surface area contributed by atoms with E-state index < -0.39 is 0 Å². The minimum absolute atomic E-state index is 0.528. The third-order valence-electron chi connectivity index (χ3n) is 6.73. The van der Waals surface area contributed by atoms with Crippen LogP contribution < -0.4 is 0 Å². The summed E-state index contributed by atoms with van der Waals surface area (Å²) >= 11 is 0. The highest BCUT2D eigenvalue weighted by Gasteiger charge is 2.25. The van der Waals surface area contributed by atoms with Crippen LogP contribution in [-0.2, 0) is 4.74 Å². The number of ether oxygens (including phenoxy) is 1. The third-order valence-corrected chi connectivity index (χ3v) is 6.73. The molecule has 0 aromatic carbocycles. The van der Waals surface area contributed by atoms with Gasteiger partial charge in [0.25, 0.3) is 0 Å². The lowest BCUT2D eigenvalue weighted by Gasteiger charge is -2.33. The highest BCUT2D eigenvalue weighted by Crippen LogP contribution is 2.36. The molecule has 24 heavy (non-hydrogen) atoms. The first-order chi connectivity index (χ1) is 11.2. The van der Waals surface area contributed by atoms with Gasteiger partial charge in [-0.15, -0.1) is 0 Å². The predicted molar refractivity (Wildman–Crippen MR) is 107 cm³/mol. The second-order valence-electron chi connectivity index (χ2n) is 9.86. The lowest BCUT2D eigenvalue weighted by Crippen LogP contribution is -2.31. The van der Waals surface area contributed by atoms with Crippen LogP contribution in [0.4, 0.5) is 0 Å². The van der Waals surface area contributed by atoms with Crippen LogP contribution in [0.2, 0.25) is 0 Å². The van der Waals surface area contributed by atoms with Crippen LogP contribution in [0.1, 0.15) is 93.9 Å². The molecule has 1 aliphatic carbocycles. The van der Waals surface area contributed by atoms with E-state index in [2.05, 4.69) is 55.4 Å². The molecule has 1 heteroatoms. The van der Waals surface area contributed by atoms with E-state index in [1.54, 1.807) is 0 Å². The molecule has 0 aromatic heterocycles. The van der Waals surface area contributed by atoms with Crippen LogP contribution in [0, 0.1) is 41.4 Å². The van der Waals surface area contributed by atoms with Gasteiger partial charge >= 0.3 is 0 Å². The van der Waals surface area contributed by atoms with Gasteiger partial charge in [0.05, 0.1) is 12.7 Å². The summed E-state index contributed by atoms with van der Waals surface area (Å²) in [6.45, 7) is 19.6. The van der Waals surface area contributed by atoms with E-state index in [0.29, 0.717) is 12.0 Å². The summed E-state index contributed by atoms with van der Waals surface area (Å²) in [5.41, 5.74) is 0.